The van der Waals surface area contributed by atoms with Crippen LogP contribution in [0.1, 0.15) is 24.9 Å². The van der Waals surface area contributed by atoms with Crippen molar-refractivity contribution < 1.29 is 33.4 Å². The molecule has 0 radical (unpaired) electrons. The van der Waals surface area contributed by atoms with Crippen LogP contribution in [0.5, 0.6) is 11.5 Å². The number of benzene rings is 2. The van der Waals surface area contributed by atoms with Gasteiger partial charge in [-0.2, -0.15) is 0 Å². The van der Waals surface area contributed by atoms with Gasteiger partial charge >= 0.3 is 12.0 Å². The molecular formula is C22H22ClN3O7. The van der Waals surface area contributed by atoms with Crippen LogP contribution in [0.4, 0.5) is 10.5 Å². The number of imide groups is 1. The van der Waals surface area contributed by atoms with E-state index in [9.17, 15) is 19.2 Å². The molecule has 2 aromatic carbocycles. The molecule has 10 nitrogen and oxygen atoms in total. The molecule has 11 heteroatoms. The Labute approximate surface area is 194 Å². The molecule has 1 aliphatic heterocycles. The van der Waals surface area contributed by atoms with Crippen molar-refractivity contribution in [2.75, 3.05) is 25.1 Å². The van der Waals surface area contributed by atoms with Crippen molar-refractivity contribution in [3.8, 4) is 11.5 Å². The minimum absolute atomic E-state index is 0.250. The highest BCUT2D eigenvalue weighted by Gasteiger charge is 2.21. The summed E-state index contributed by atoms with van der Waals surface area (Å²) in [5.74, 6) is -0.902. The van der Waals surface area contributed by atoms with E-state index in [0.29, 0.717) is 41.0 Å². The van der Waals surface area contributed by atoms with Crippen LogP contribution in [0.25, 0.3) is 0 Å². The van der Waals surface area contributed by atoms with Gasteiger partial charge in [-0.05, 0) is 23.8 Å². The van der Waals surface area contributed by atoms with Gasteiger partial charge in [-0.3, -0.25) is 19.7 Å². The average Bonchev–Trinajstić information content (AvgIpc) is 2.77. The number of fused-ring (bicyclic) bond motifs is 1. The normalized spacial score (nSPS) is 12.8. The lowest BCUT2D eigenvalue weighted by Crippen LogP contribution is -2.37. The maximum Gasteiger partial charge on any atom is 0.325 e. The summed E-state index contributed by atoms with van der Waals surface area (Å²) >= 11 is 6.15. The van der Waals surface area contributed by atoms with Crippen molar-refractivity contribution in [1.29, 1.82) is 0 Å². The van der Waals surface area contributed by atoms with E-state index in [2.05, 4.69) is 16.0 Å². The van der Waals surface area contributed by atoms with Gasteiger partial charge in [0.25, 0.3) is 5.91 Å². The molecule has 33 heavy (non-hydrogen) atoms. The molecule has 0 spiro atoms. The highest BCUT2D eigenvalue weighted by Crippen LogP contribution is 2.32. The Morgan fingerprint density at radius 1 is 1.06 bits per heavy atom. The number of amides is 4. The summed E-state index contributed by atoms with van der Waals surface area (Å²) in [5.41, 5.74) is 0.925. The van der Waals surface area contributed by atoms with E-state index in [1.54, 1.807) is 42.5 Å². The number of ether oxygens (including phenoxy) is 3. The number of carbonyl (C=O) groups is 4. The molecule has 1 heterocycles. The zero-order valence-electron chi connectivity index (χ0n) is 17.7. The second kappa shape index (κ2) is 11.2. The summed E-state index contributed by atoms with van der Waals surface area (Å²) in [6.07, 6.45) is -0.250. The SMILES string of the molecule is CC(=O)NC(CC(=O)OCC(=O)NC(=O)Nc1ccc2c(c1)OCCO2)c1ccccc1Cl. The number of hydrogen-bond acceptors (Lipinski definition) is 7. The number of nitrogens with one attached hydrogen (secondary N) is 3. The van der Waals surface area contributed by atoms with Gasteiger partial charge in [0.15, 0.2) is 18.1 Å². The third-order valence-electron chi connectivity index (χ3n) is 4.45. The lowest BCUT2D eigenvalue weighted by atomic mass is 10.0. The summed E-state index contributed by atoms with van der Waals surface area (Å²) < 4.78 is 15.8. The molecule has 1 unspecified atom stereocenters. The molecule has 3 rings (SSSR count). The molecule has 1 aliphatic rings. The number of halogens is 1. The molecule has 1 atom stereocenters. The first kappa shape index (κ1) is 23.9. The van der Waals surface area contributed by atoms with E-state index in [-0.39, 0.29) is 12.3 Å². The molecule has 2 aromatic rings. The minimum atomic E-state index is -0.827. The fourth-order valence-corrected chi connectivity index (χ4v) is 3.33. The standard InChI is InChI=1S/C22H22ClN3O7/c1-13(27)24-17(15-4-2-3-5-16(15)23)11-21(29)33-12-20(28)26-22(30)25-14-6-7-18-19(10-14)32-9-8-31-18/h2-7,10,17H,8-9,11-12H2,1H3,(H,24,27)(H2,25,26,28,30). The van der Waals surface area contributed by atoms with Crippen LogP contribution < -0.4 is 25.4 Å². The Morgan fingerprint density at radius 2 is 1.79 bits per heavy atom. The van der Waals surface area contributed by atoms with Gasteiger partial charge in [0.05, 0.1) is 12.5 Å². The first-order chi connectivity index (χ1) is 15.8. The number of esters is 1. The van der Waals surface area contributed by atoms with E-state index in [1.807, 2.05) is 0 Å². The summed E-state index contributed by atoms with van der Waals surface area (Å²) in [7, 11) is 0. The van der Waals surface area contributed by atoms with E-state index < -0.39 is 30.6 Å². The van der Waals surface area contributed by atoms with E-state index in [0.717, 1.165) is 0 Å². The number of hydrogen-bond donors (Lipinski definition) is 3. The van der Waals surface area contributed by atoms with Crippen LogP contribution in [-0.4, -0.2) is 43.6 Å². The molecule has 0 aliphatic carbocycles. The quantitative estimate of drug-likeness (QED) is 0.524. The predicted octanol–water partition coefficient (Wildman–Crippen LogP) is 2.57. The fourth-order valence-electron chi connectivity index (χ4n) is 3.06. The molecule has 174 valence electrons. The van der Waals surface area contributed by atoms with E-state index in [1.165, 1.54) is 6.92 Å². The van der Waals surface area contributed by atoms with Gasteiger partial charge in [-0.15, -0.1) is 0 Å². The predicted molar refractivity (Wildman–Crippen MR) is 118 cm³/mol. The van der Waals surface area contributed by atoms with Gasteiger partial charge < -0.3 is 24.8 Å². The van der Waals surface area contributed by atoms with E-state index in [4.69, 9.17) is 25.8 Å². The number of rotatable bonds is 7. The maximum atomic E-state index is 12.2. The van der Waals surface area contributed by atoms with Crippen molar-refractivity contribution in [2.45, 2.75) is 19.4 Å². The Balaban J connectivity index is 1.48. The van der Waals surface area contributed by atoms with Gasteiger partial charge in [-0.1, -0.05) is 29.8 Å². The Bertz CT molecular complexity index is 1060. The summed E-state index contributed by atoms with van der Waals surface area (Å²) in [6, 6.07) is 9.99. The smallest absolute Gasteiger partial charge is 0.325 e. The molecule has 0 saturated heterocycles. The van der Waals surface area contributed by atoms with Gasteiger partial charge in [0.1, 0.15) is 13.2 Å². The van der Waals surface area contributed by atoms with Crippen LogP contribution in [0.2, 0.25) is 5.02 Å². The van der Waals surface area contributed by atoms with Crippen LogP contribution in [-0.2, 0) is 19.1 Å². The molecule has 0 bridgehead atoms. The van der Waals surface area contributed by atoms with Crippen LogP contribution in [0.15, 0.2) is 42.5 Å². The number of carbonyl (C=O) groups excluding carboxylic acids is 4. The van der Waals surface area contributed by atoms with Crippen LogP contribution >= 0.6 is 11.6 Å². The number of urea groups is 1. The molecular weight excluding hydrogens is 454 g/mol. The van der Waals surface area contributed by atoms with Crippen molar-refractivity contribution >= 4 is 41.1 Å². The zero-order chi connectivity index (χ0) is 23.8. The largest absolute Gasteiger partial charge is 0.486 e. The summed E-state index contributed by atoms with van der Waals surface area (Å²) in [5, 5.41) is 7.55. The topological polar surface area (TPSA) is 132 Å². The van der Waals surface area contributed by atoms with Gasteiger partial charge in [0, 0.05) is 23.7 Å². The average molecular weight is 476 g/mol. The van der Waals surface area contributed by atoms with Gasteiger partial charge in [-0.25, -0.2) is 4.79 Å². The maximum absolute atomic E-state index is 12.2. The van der Waals surface area contributed by atoms with Crippen LogP contribution in [0, 0.1) is 0 Å². The lowest BCUT2D eigenvalue weighted by Gasteiger charge is -2.19. The molecule has 0 fully saturated rings. The third kappa shape index (κ3) is 7.11. The van der Waals surface area contributed by atoms with E-state index >= 15 is 0 Å². The Morgan fingerprint density at radius 3 is 2.52 bits per heavy atom. The minimum Gasteiger partial charge on any atom is -0.486 e. The second-order valence-electron chi connectivity index (χ2n) is 7.00. The zero-order valence-corrected chi connectivity index (χ0v) is 18.4. The van der Waals surface area contributed by atoms with Crippen molar-refractivity contribution in [2.24, 2.45) is 0 Å². The summed E-state index contributed by atoms with van der Waals surface area (Å²) in [4.78, 5) is 47.7. The third-order valence-corrected chi connectivity index (χ3v) is 4.79. The van der Waals surface area contributed by atoms with Crippen molar-refractivity contribution in [1.82, 2.24) is 10.6 Å². The molecule has 4 amide bonds. The highest BCUT2D eigenvalue weighted by molar-refractivity contribution is 6.31. The number of anilines is 1. The van der Waals surface area contributed by atoms with Gasteiger partial charge in [0.2, 0.25) is 5.91 Å². The summed E-state index contributed by atoms with van der Waals surface area (Å²) in [6.45, 7) is 1.47. The molecule has 0 saturated carbocycles. The fraction of sp³-hybridized carbons (Fsp3) is 0.273. The van der Waals surface area contributed by atoms with Crippen molar-refractivity contribution in [3.05, 3.63) is 53.1 Å². The molecule has 3 N–H and O–H groups in total. The second-order valence-corrected chi connectivity index (χ2v) is 7.41. The monoisotopic (exact) mass is 475 g/mol. The first-order valence-electron chi connectivity index (χ1n) is 9.99. The van der Waals surface area contributed by atoms with Crippen molar-refractivity contribution in [3.63, 3.8) is 0 Å². The first-order valence-corrected chi connectivity index (χ1v) is 10.4. The Kier molecular flexibility index (Phi) is 8.09. The Hall–Kier alpha value is -3.79. The van der Waals surface area contributed by atoms with Crippen LogP contribution in [0.3, 0.4) is 0 Å². The highest BCUT2D eigenvalue weighted by atomic mass is 35.5. The lowest BCUT2D eigenvalue weighted by molar-refractivity contribution is -0.148. The molecule has 0 aromatic heterocycles.